The van der Waals surface area contributed by atoms with E-state index in [0.29, 0.717) is 0 Å². The van der Waals surface area contributed by atoms with Crippen molar-refractivity contribution in [2.24, 2.45) is 5.41 Å². The molecular weight excluding hydrogens is 536 g/mol. The highest BCUT2D eigenvalue weighted by atomic mass is 15.4. The van der Waals surface area contributed by atoms with Crippen molar-refractivity contribution in [2.75, 3.05) is 11.9 Å². The highest BCUT2D eigenvalue weighted by Crippen LogP contribution is 2.64. The Hall–Kier alpha value is -2.36. The summed E-state index contributed by atoms with van der Waals surface area (Å²) in [7, 11) is 2.27. The van der Waals surface area contributed by atoms with Crippen LogP contribution in [0, 0.1) is 5.41 Å². The molecule has 1 unspecified atom stereocenters. The van der Waals surface area contributed by atoms with Crippen LogP contribution in [0.25, 0.3) is 22.4 Å². The molecule has 4 heterocycles. The van der Waals surface area contributed by atoms with Gasteiger partial charge in [0, 0.05) is 18.2 Å². The number of anilines is 1. The number of pyridine rings is 1. The van der Waals surface area contributed by atoms with Crippen LogP contribution >= 0.6 is 0 Å². The second kappa shape index (κ2) is 9.58. The Morgan fingerprint density at radius 3 is 2.05 bits per heavy atom. The molecule has 0 saturated carbocycles. The molecule has 0 radical (unpaired) electrons. The molecule has 4 nitrogen and oxygen atoms in total. The number of aryl methyl sites for hydroxylation is 1. The van der Waals surface area contributed by atoms with Crippen LogP contribution in [0.15, 0.2) is 18.2 Å². The van der Waals surface area contributed by atoms with Gasteiger partial charge in [-0.25, -0.2) is 9.55 Å². The predicted molar refractivity (Wildman–Crippen MR) is 187 cm³/mol. The molecule has 1 atom stereocenters. The van der Waals surface area contributed by atoms with Gasteiger partial charge in [0.1, 0.15) is 16.9 Å². The number of rotatable bonds is 6. The first-order valence-corrected chi connectivity index (χ1v) is 17.8. The minimum absolute atomic E-state index is 0.00268. The van der Waals surface area contributed by atoms with Gasteiger partial charge in [0.2, 0.25) is 0 Å². The predicted octanol–water partition coefficient (Wildman–Crippen LogP) is 10.0. The molecule has 0 amide bonds. The SMILES string of the molecule is CCCCCC1(C)C(C)(C)c2cc3c(cc2C1(C)C)[n+]1c2n3C(CC)(CC)CCc3cc(C(C)(C)C)nc(c3-2)N(C)C1(C)C. The third-order valence-electron chi connectivity index (χ3n) is 13.8. The zero-order valence-electron chi connectivity index (χ0n) is 30.7. The Morgan fingerprint density at radius 1 is 0.864 bits per heavy atom. The Morgan fingerprint density at radius 2 is 1.48 bits per heavy atom. The van der Waals surface area contributed by atoms with E-state index in [1.54, 1.807) is 11.1 Å². The number of unbranched alkanes of at least 4 members (excludes halogenated alkanes) is 2. The first-order valence-electron chi connectivity index (χ1n) is 17.8. The monoisotopic (exact) mass is 597 g/mol. The fourth-order valence-corrected chi connectivity index (χ4v) is 9.74. The molecule has 44 heavy (non-hydrogen) atoms. The van der Waals surface area contributed by atoms with E-state index in [9.17, 15) is 0 Å². The van der Waals surface area contributed by atoms with Gasteiger partial charge in [0.05, 0.1) is 0 Å². The number of hydrogen-bond acceptors (Lipinski definition) is 2. The highest BCUT2D eigenvalue weighted by molar-refractivity contribution is 5.85. The Bertz CT molecular complexity index is 1640. The van der Waals surface area contributed by atoms with Crippen molar-refractivity contribution in [1.29, 1.82) is 0 Å². The van der Waals surface area contributed by atoms with Gasteiger partial charge in [-0.2, -0.15) is 4.57 Å². The zero-order chi connectivity index (χ0) is 32.4. The molecule has 3 aliphatic rings. The average Bonchev–Trinajstić information content (AvgIpc) is 3.28. The van der Waals surface area contributed by atoms with Gasteiger partial charge in [0.15, 0.2) is 16.7 Å². The summed E-state index contributed by atoms with van der Waals surface area (Å²) < 4.78 is 5.55. The van der Waals surface area contributed by atoms with Crippen molar-refractivity contribution in [3.8, 4) is 11.4 Å². The minimum atomic E-state index is -0.277. The van der Waals surface area contributed by atoms with Gasteiger partial charge < -0.3 is 4.90 Å². The molecule has 0 N–H and O–H groups in total. The molecule has 1 aliphatic carbocycles. The quantitative estimate of drug-likeness (QED) is 0.209. The summed E-state index contributed by atoms with van der Waals surface area (Å²) in [6, 6.07) is 7.76. The summed E-state index contributed by atoms with van der Waals surface area (Å²) in [5, 5.41) is 0. The van der Waals surface area contributed by atoms with E-state index in [1.807, 2.05) is 0 Å². The Kier molecular flexibility index (Phi) is 6.88. The van der Waals surface area contributed by atoms with Crippen LogP contribution in [0.2, 0.25) is 0 Å². The zero-order valence-corrected chi connectivity index (χ0v) is 30.7. The van der Waals surface area contributed by atoms with Crippen LogP contribution in [-0.4, -0.2) is 16.6 Å². The van der Waals surface area contributed by atoms with E-state index in [0.717, 1.165) is 31.5 Å². The van der Waals surface area contributed by atoms with E-state index in [2.05, 4.69) is 129 Å². The summed E-state index contributed by atoms with van der Waals surface area (Å²) in [6.07, 6.45) is 9.66. The summed E-state index contributed by atoms with van der Waals surface area (Å²) in [5.74, 6) is 2.54. The van der Waals surface area contributed by atoms with Gasteiger partial charge in [0.25, 0.3) is 5.82 Å². The number of hydrogen-bond donors (Lipinski definition) is 0. The van der Waals surface area contributed by atoms with Gasteiger partial charge in [-0.3, -0.25) is 0 Å². The fraction of sp³-hybridized carbons (Fsp3) is 0.700. The second-order valence-corrected chi connectivity index (χ2v) is 17.5. The average molecular weight is 598 g/mol. The molecule has 0 fully saturated rings. The molecule has 6 rings (SSSR count). The molecular formula is C40H61N4+. The molecule has 240 valence electrons. The minimum Gasteiger partial charge on any atom is -0.318 e. The summed E-state index contributed by atoms with van der Waals surface area (Å²) in [6.45, 7) is 31.7. The number of benzene rings is 1. The van der Waals surface area contributed by atoms with Crippen LogP contribution in [0.3, 0.4) is 0 Å². The third-order valence-corrected chi connectivity index (χ3v) is 13.8. The normalized spacial score (nSPS) is 23.9. The molecule has 3 aromatic rings. The summed E-state index contributed by atoms with van der Waals surface area (Å²) in [4.78, 5) is 7.94. The number of fused-ring (bicyclic) bond motifs is 4. The lowest BCUT2D eigenvalue weighted by Crippen LogP contribution is -2.65. The van der Waals surface area contributed by atoms with E-state index in [1.165, 1.54) is 59.4 Å². The lowest BCUT2D eigenvalue weighted by Gasteiger charge is -2.48. The van der Waals surface area contributed by atoms with Crippen LogP contribution in [0.5, 0.6) is 0 Å². The van der Waals surface area contributed by atoms with Crippen LogP contribution in [0.1, 0.15) is 157 Å². The van der Waals surface area contributed by atoms with E-state index in [4.69, 9.17) is 4.98 Å². The molecule has 2 aromatic heterocycles. The van der Waals surface area contributed by atoms with Crippen molar-refractivity contribution in [3.63, 3.8) is 0 Å². The molecule has 0 spiro atoms. The van der Waals surface area contributed by atoms with E-state index >= 15 is 0 Å². The smallest absolute Gasteiger partial charge is 0.296 e. The molecule has 4 heteroatoms. The Balaban J connectivity index is 1.76. The molecule has 0 bridgehead atoms. The van der Waals surface area contributed by atoms with Gasteiger partial charge >= 0.3 is 0 Å². The largest absolute Gasteiger partial charge is 0.318 e. The third kappa shape index (κ3) is 3.75. The van der Waals surface area contributed by atoms with Crippen molar-refractivity contribution in [2.45, 2.75) is 169 Å². The summed E-state index contributed by atoms with van der Waals surface area (Å²) in [5.41, 5.74) is 10.1. The van der Waals surface area contributed by atoms with Crippen molar-refractivity contribution in [1.82, 2.24) is 9.55 Å². The molecule has 0 saturated heterocycles. The number of imidazole rings is 1. The van der Waals surface area contributed by atoms with Crippen LogP contribution in [0.4, 0.5) is 5.82 Å². The first kappa shape index (κ1) is 31.6. The topological polar surface area (TPSA) is 24.9 Å². The van der Waals surface area contributed by atoms with Crippen molar-refractivity contribution >= 4 is 16.9 Å². The number of nitrogens with zero attached hydrogens (tertiary/aromatic N) is 4. The number of aromatic nitrogens is 3. The Labute approximate surface area is 268 Å². The van der Waals surface area contributed by atoms with Gasteiger partial charge in [-0.15, -0.1) is 0 Å². The van der Waals surface area contributed by atoms with Crippen LogP contribution < -0.4 is 9.47 Å². The molecule has 1 aromatic carbocycles. The fourth-order valence-electron chi connectivity index (χ4n) is 9.74. The van der Waals surface area contributed by atoms with Gasteiger partial charge in [-0.05, 0) is 97.1 Å². The van der Waals surface area contributed by atoms with Crippen molar-refractivity contribution < 1.29 is 4.57 Å². The lowest BCUT2D eigenvalue weighted by atomic mass is 9.56. The lowest BCUT2D eigenvalue weighted by molar-refractivity contribution is -0.725. The molecule has 2 aliphatic heterocycles. The van der Waals surface area contributed by atoms with Gasteiger partial charge in [-0.1, -0.05) is 95.4 Å². The van der Waals surface area contributed by atoms with E-state index < -0.39 is 0 Å². The standard InChI is InChI=1S/C40H61N4/c1-15-18-19-21-39(13)36(7,8)27-24-29-30(25-28(27)37(39,9)10)44-34-32-26(20-22-40(44,16-2)17-3)23-31(35(4,5)6)41-33(32)42(14)38(11,12)43(29)34/h23-25H,15-22H2,1-14H3/q+1. The van der Waals surface area contributed by atoms with Crippen molar-refractivity contribution in [3.05, 3.63) is 40.6 Å². The summed E-state index contributed by atoms with van der Waals surface area (Å²) >= 11 is 0. The maximum Gasteiger partial charge on any atom is 0.296 e. The van der Waals surface area contributed by atoms with Crippen LogP contribution in [-0.2, 0) is 33.9 Å². The maximum absolute atomic E-state index is 5.47. The maximum atomic E-state index is 5.47. The highest BCUT2D eigenvalue weighted by Gasteiger charge is 2.60. The van der Waals surface area contributed by atoms with E-state index in [-0.39, 0.29) is 32.9 Å². The second-order valence-electron chi connectivity index (χ2n) is 17.5. The first-order chi connectivity index (χ1) is 20.4.